The predicted molar refractivity (Wildman–Crippen MR) is 57.0 cm³/mol. The molecule has 1 aromatic heterocycles. The lowest BCUT2D eigenvalue weighted by molar-refractivity contribution is -0.385. The van der Waals surface area contributed by atoms with Crippen LogP contribution in [0.5, 0.6) is 0 Å². The van der Waals surface area contributed by atoms with Gasteiger partial charge in [-0.2, -0.15) is 0 Å². The summed E-state index contributed by atoms with van der Waals surface area (Å²) in [6.07, 6.45) is 0.814. The van der Waals surface area contributed by atoms with Crippen LogP contribution in [0.2, 0.25) is 5.15 Å². The molecule has 0 radical (unpaired) electrons. The van der Waals surface area contributed by atoms with E-state index in [4.69, 9.17) is 16.7 Å². The van der Waals surface area contributed by atoms with E-state index < -0.39 is 29.1 Å². The zero-order chi connectivity index (χ0) is 13.7. The summed E-state index contributed by atoms with van der Waals surface area (Å²) >= 11 is 5.50. The van der Waals surface area contributed by atoms with Gasteiger partial charge in [0.1, 0.15) is 16.9 Å². The van der Waals surface area contributed by atoms with Crippen molar-refractivity contribution in [3.8, 4) is 0 Å². The zero-order valence-electron chi connectivity index (χ0n) is 8.62. The van der Waals surface area contributed by atoms with Gasteiger partial charge < -0.3 is 5.11 Å². The number of nitrogens with zero attached hydrogens (tertiary/aromatic N) is 2. The average Bonchev–Trinajstić information content (AvgIpc) is 2.27. The molecule has 1 rings (SSSR count). The van der Waals surface area contributed by atoms with Crippen molar-refractivity contribution in [1.29, 1.82) is 0 Å². The molecule has 0 saturated heterocycles. The number of hydrogen-bond donors (Lipinski definition) is 2. The Bertz CT molecular complexity index is 506. The van der Waals surface area contributed by atoms with E-state index in [-0.39, 0.29) is 10.7 Å². The van der Waals surface area contributed by atoms with Crippen molar-refractivity contribution in [3.05, 3.63) is 33.1 Å². The highest BCUT2D eigenvalue weighted by Crippen LogP contribution is 2.19. The number of aromatic nitrogens is 1. The Hall–Kier alpha value is -2.26. The lowest BCUT2D eigenvalue weighted by atomic mass is 10.2. The molecule has 0 spiro atoms. The van der Waals surface area contributed by atoms with Crippen LogP contribution < -0.4 is 5.48 Å². The molecule has 10 heteroatoms. The van der Waals surface area contributed by atoms with Crippen LogP contribution in [0.15, 0.2) is 12.3 Å². The smallest absolute Gasteiger partial charge is 0.332 e. The molecule has 0 aromatic carbocycles. The fourth-order valence-corrected chi connectivity index (χ4v) is 1.13. The molecule has 0 aliphatic rings. The number of nitro groups is 1. The minimum Gasteiger partial charge on any atom is -0.479 e. The molecular formula is C8H6ClN3O6. The Morgan fingerprint density at radius 2 is 2.28 bits per heavy atom. The number of carboxylic acid groups (broad SMARTS) is 1. The summed E-state index contributed by atoms with van der Waals surface area (Å²) in [7, 11) is 0. The molecule has 1 heterocycles. The molecule has 9 nitrogen and oxygen atoms in total. The van der Waals surface area contributed by atoms with Gasteiger partial charge in [-0.15, -0.1) is 0 Å². The van der Waals surface area contributed by atoms with Crippen LogP contribution in [0.25, 0.3) is 0 Å². The number of carboxylic acids is 1. The van der Waals surface area contributed by atoms with Gasteiger partial charge in [0, 0.05) is 0 Å². The van der Waals surface area contributed by atoms with E-state index in [1.807, 2.05) is 0 Å². The zero-order valence-corrected chi connectivity index (χ0v) is 9.38. The molecule has 0 atom stereocenters. The molecule has 0 aliphatic heterocycles. The number of hydrogen-bond acceptors (Lipinski definition) is 6. The predicted octanol–water partition coefficient (Wildman–Crippen LogP) is 0.389. The van der Waals surface area contributed by atoms with Gasteiger partial charge in [-0.25, -0.2) is 15.3 Å². The summed E-state index contributed by atoms with van der Waals surface area (Å²) in [5, 5.41) is 18.8. The molecule has 0 fully saturated rings. The minimum atomic E-state index is -1.31. The number of carbonyl (C=O) groups is 2. The fourth-order valence-electron chi connectivity index (χ4n) is 0.968. The van der Waals surface area contributed by atoms with Crippen molar-refractivity contribution >= 4 is 29.2 Å². The Morgan fingerprint density at radius 3 is 2.83 bits per heavy atom. The lowest BCUT2D eigenvalue weighted by Gasteiger charge is -2.04. The number of pyridine rings is 1. The Labute approximate surface area is 104 Å². The maximum atomic E-state index is 11.5. The highest BCUT2D eigenvalue weighted by molar-refractivity contribution is 6.29. The van der Waals surface area contributed by atoms with E-state index in [0.29, 0.717) is 0 Å². The van der Waals surface area contributed by atoms with Crippen LogP contribution in [0.4, 0.5) is 5.69 Å². The van der Waals surface area contributed by atoms with Gasteiger partial charge >= 0.3 is 5.97 Å². The summed E-state index contributed by atoms with van der Waals surface area (Å²) in [5.41, 5.74) is 0.785. The Balaban J connectivity index is 2.87. The SMILES string of the molecule is O=C(O)CONC(=O)c1cc(Cl)ncc1[N+](=O)[O-]. The first-order valence-electron chi connectivity index (χ1n) is 4.35. The number of nitrogens with one attached hydrogen (secondary N) is 1. The molecular weight excluding hydrogens is 270 g/mol. The second-order valence-corrected chi connectivity index (χ2v) is 3.28. The minimum absolute atomic E-state index is 0.121. The molecule has 96 valence electrons. The van der Waals surface area contributed by atoms with Crippen LogP contribution in [-0.4, -0.2) is 33.5 Å². The van der Waals surface area contributed by atoms with Crippen molar-refractivity contribution in [2.24, 2.45) is 0 Å². The van der Waals surface area contributed by atoms with Crippen molar-refractivity contribution in [1.82, 2.24) is 10.5 Å². The van der Waals surface area contributed by atoms with Crippen molar-refractivity contribution in [2.45, 2.75) is 0 Å². The topological polar surface area (TPSA) is 132 Å². The normalized spacial score (nSPS) is 9.83. The van der Waals surface area contributed by atoms with Crippen LogP contribution in [0, 0.1) is 10.1 Å². The number of carbonyl (C=O) groups excluding carboxylic acids is 1. The van der Waals surface area contributed by atoms with Crippen LogP contribution in [0.1, 0.15) is 10.4 Å². The molecule has 0 unspecified atom stereocenters. The van der Waals surface area contributed by atoms with E-state index in [0.717, 1.165) is 12.3 Å². The van der Waals surface area contributed by atoms with E-state index >= 15 is 0 Å². The lowest BCUT2D eigenvalue weighted by Crippen LogP contribution is -2.27. The Morgan fingerprint density at radius 1 is 1.61 bits per heavy atom. The molecule has 18 heavy (non-hydrogen) atoms. The average molecular weight is 276 g/mol. The third-order valence-electron chi connectivity index (χ3n) is 1.65. The number of rotatable bonds is 5. The highest BCUT2D eigenvalue weighted by atomic mass is 35.5. The van der Waals surface area contributed by atoms with Crippen molar-refractivity contribution < 1.29 is 24.5 Å². The summed E-state index contributed by atoms with van der Waals surface area (Å²) in [5.74, 6) is -2.30. The van der Waals surface area contributed by atoms with Crippen LogP contribution in [-0.2, 0) is 9.63 Å². The molecule has 1 amide bonds. The molecule has 0 aliphatic carbocycles. The molecule has 0 saturated carbocycles. The maximum Gasteiger partial charge on any atom is 0.332 e. The third kappa shape index (κ3) is 3.64. The Kier molecular flexibility index (Phi) is 4.52. The summed E-state index contributed by atoms with van der Waals surface area (Å²) in [4.78, 5) is 39.2. The highest BCUT2D eigenvalue weighted by Gasteiger charge is 2.21. The van der Waals surface area contributed by atoms with E-state index in [1.165, 1.54) is 0 Å². The monoisotopic (exact) mass is 275 g/mol. The standard InChI is InChI=1S/C8H6ClN3O6/c9-6-1-4(5(2-10-6)12(16)17)8(15)11-18-3-7(13)14/h1-2H,3H2,(H,11,15)(H,13,14). The second-order valence-electron chi connectivity index (χ2n) is 2.89. The van der Waals surface area contributed by atoms with Crippen molar-refractivity contribution in [3.63, 3.8) is 0 Å². The first kappa shape index (κ1) is 13.8. The largest absolute Gasteiger partial charge is 0.479 e. The van der Waals surface area contributed by atoms with Gasteiger partial charge in [0.25, 0.3) is 11.6 Å². The van der Waals surface area contributed by atoms with E-state index in [2.05, 4.69) is 9.82 Å². The van der Waals surface area contributed by atoms with E-state index in [9.17, 15) is 19.7 Å². The van der Waals surface area contributed by atoms with Crippen LogP contribution >= 0.6 is 11.6 Å². The molecule has 1 aromatic rings. The van der Waals surface area contributed by atoms with Gasteiger partial charge in [-0.05, 0) is 6.07 Å². The first-order valence-corrected chi connectivity index (χ1v) is 4.73. The van der Waals surface area contributed by atoms with Gasteiger partial charge in [0.2, 0.25) is 0 Å². The fraction of sp³-hybridized carbons (Fsp3) is 0.125. The third-order valence-corrected chi connectivity index (χ3v) is 1.86. The number of hydroxylamine groups is 1. The van der Waals surface area contributed by atoms with Crippen LogP contribution in [0.3, 0.4) is 0 Å². The summed E-state index contributed by atoms with van der Waals surface area (Å²) < 4.78 is 0. The maximum absolute atomic E-state index is 11.5. The molecule has 0 bridgehead atoms. The summed E-state index contributed by atoms with van der Waals surface area (Å²) in [6, 6.07) is 0.971. The number of aliphatic carboxylic acids is 1. The number of amides is 1. The quantitative estimate of drug-likeness (QED) is 0.451. The number of halogens is 1. The summed E-state index contributed by atoms with van der Waals surface area (Å²) in [6.45, 7) is -0.779. The van der Waals surface area contributed by atoms with Gasteiger partial charge in [-0.3, -0.25) is 19.7 Å². The molecule has 2 N–H and O–H groups in total. The van der Waals surface area contributed by atoms with Crippen molar-refractivity contribution in [2.75, 3.05) is 6.61 Å². The second kappa shape index (κ2) is 5.89. The van der Waals surface area contributed by atoms with Gasteiger partial charge in [0.05, 0.1) is 4.92 Å². The first-order chi connectivity index (χ1) is 8.41. The van der Waals surface area contributed by atoms with Gasteiger partial charge in [0.15, 0.2) is 6.61 Å². The van der Waals surface area contributed by atoms with Gasteiger partial charge in [-0.1, -0.05) is 11.6 Å². The van der Waals surface area contributed by atoms with E-state index in [1.54, 1.807) is 5.48 Å².